The minimum absolute atomic E-state index is 0.266. The second-order valence-corrected chi connectivity index (χ2v) is 7.41. The molecular weight excluding hydrogens is 409 g/mol. The molecule has 7 nitrogen and oxygen atoms in total. The number of rotatable bonds is 5. The maximum atomic E-state index is 13.4. The number of para-hydroxylation sites is 1. The molecule has 0 aliphatic carbocycles. The van der Waals surface area contributed by atoms with Crippen molar-refractivity contribution in [3.05, 3.63) is 107 Å². The monoisotopic (exact) mass is 427 g/mol. The number of pyridine rings is 1. The maximum absolute atomic E-state index is 13.4. The molecule has 5 aromatic rings. The molecule has 0 bridgehead atoms. The quantitative estimate of drug-likeness (QED) is 0.393. The molecule has 3 aromatic heterocycles. The van der Waals surface area contributed by atoms with Crippen molar-refractivity contribution in [2.45, 2.75) is 6.54 Å². The summed E-state index contributed by atoms with van der Waals surface area (Å²) in [5.74, 6) is -0.693. The summed E-state index contributed by atoms with van der Waals surface area (Å²) < 4.78 is 14.9. The lowest BCUT2D eigenvalue weighted by Gasteiger charge is -2.05. The SMILES string of the molecule is O=C(Nc1c[nH]c(=O)c(-c2cc3ccccc3[nH]2)c1)c1cnn(Cc2cccc(F)c2)c1. The van der Waals surface area contributed by atoms with Gasteiger partial charge >= 0.3 is 0 Å². The normalized spacial score (nSPS) is 11.0. The number of amides is 1. The zero-order chi connectivity index (χ0) is 22.1. The second kappa shape index (κ2) is 7.99. The Morgan fingerprint density at radius 2 is 1.97 bits per heavy atom. The first-order valence-corrected chi connectivity index (χ1v) is 9.94. The lowest BCUT2D eigenvalue weighted by atomic mass is 10.2. The van der Waals surface area contributed by atoms with Crippen LogP contribution < -0.4 is 10.9 Å². The Labute approximate surface area is 181 Å². The Kier molecular flexibility index (Phi) is 4.87. The molecule has 0 radical (unpaired) electrons. The van der Waals surface area contributed by atoms with Crippen LogP contribution in [-0.2, 0) is 6.54 Å². The molecule has 3 heterocycles. The number of carbonyl (C=O) groups is 1. The molecule has 32 heavy (non-hydrogen) atoms. The summed E-state index contributed by atoms with van der Waals surface area (Å²) in [6.07, 6.45) is 4.48. The van der Waals surface area contributed by atoms with E-state index < -0.39 is 0 Å². The third kappa shape index (κ3) is 3.93. The Morgan fingerprint density at radius 3 is 2.81 bits per heavy atom. The van der Waals surface area contributed by atoms with Gasteiger partial charge in [0.15, 0.2) is 0 Å². The fourth-order valence-corrected chi connectivity index (χ4v) is 3.57. The van der Waals surface area contributed by atoms with Gasteiger partial charge in [-0.1, -0.05) is 30.3 Å². The van der Waals surface area contributed by atoms with E-state index >= 15 is 0 Å². The van der Waals surface area contributed by atoms with Crippen LogP contribution in [-0.4, -0.2) is 25.7 Å². The van der Waals surface area contributed by atoms with E-state index in [1.54, 1.807) is 29.1 Å². The average Bonchev–Trinajstić information content (AvgIpc) is 3.42. The van der Waals surface area contributed by atoms with E-state index in [1.807, 2.05) is 30.3 Å². The molecule has 0 spiro atoms. The van der Waals surface area contributed by atoms with Crippen LogP contribution in [0.25, 0.3) is 22.2 Å². The van der Waals surface area contributed by atoms with Crippen LogP contribution in [0.4, 0.5) is 10.1 Å². The minimum atomic E-state index is -0.370. The summed E-state index contributed by atoms with van der Waals surface area (Å²) in [6, 6.07) is 17.5. The van der Waals surface area contributed by atoms with Crippen LogP contribution in [0, 0.1) is 5.82 Å². The molecule has 0 aliphatic rings. The van der Waals surface area contributed by atoms with Crippen LogP contribution >= 0.6 is 0 Å². The number of aromatic nitrogens is 4. The Hall–Kier alpha value is -4.46. The molecule has 158 valence electrons. The van der Waals surface area contributed by atoms with E-state index in [4.69, 9.17) is 0 Å². The number of benzene rings is 2. The van der Waals surface area contributed by atoms with Gasteiger partial charge in [0, 0.05) is 23.3 Å². The van der Waals surface area contributed by atoms with E-state index in [1.165, 1.54) is 24.5 Å². The summed E-state index contributed by atoms with van der Waals surface area (Å²) in [6.45, 7) is 0.341. The van der Waals surface area contributed by atoms with Crippen LogP contribution in [0.15, 0.2) is 84.0 Å². The van der Waals surface area contributed by atoms with E-state index in [-0.39, 0.29) is 17.3 Å². The number of H-pyrrole nitrogens is 2. The molecule has 0 aliphatic heterocycles. The molecule has 2 aromatic carbocycles. The van der Waals surface area contributed by atoms with Crippen LogP contribution in [0.2, 0.25) is 0 Å². The summed E-state index contributed by atoms with van der Waals surface area (Å²) in [7, 11) is 0. The molecule has 0 unspecified atom stereocenters. The van der Waals surface area contributed by atoms with Gasteiger partial charge in [-0.15, -0.1) is 0 Å². The number of fused-ring (bicyclic) bond motifs is 1. The summed E-state index contributed by atoms with van der Waals surface area (Å²) >= 11 is 0. The predicted molar refractivity (Wildman–Crippen MR) is 120 cm³/mol. The van der Waals surface area contributed by atoms with E-state index in [0.29, 0.717) is 29.1 Å². The van der Waals surface area contributed by atoms with Gasteiger partial charge in [0.2, 0.25) is 0 Å². The zero-order valence-corrected chi connectivity index (χ0v) is 16.8. The number of carbonyl (C=O) groups excluding carboxylic acids is 1. The highest BCUT2D eigenvalue weighted by Crippen LogP contribution is 2.23. The number of halogens is 1. The number of anilines is 1. The van der Waals surface area contributed by atoms with Crippen molar-refractivity contribution in [3.8, 4) is 11.3 Å². The van der Waals surface area contributed by atoms with Gasteiger partial charge in [-0.05, 0) is 35.9 Å². The summed E-state index contributed by atoms with van der Waals surface area (Å²) in [5, 5.41) is 7.95. The molecule has 5 rings (SSSR count). The highest BCUT2D eigenvalue weighted by Gasteiger charge is 2.13. The van der Waals surface area contributed by atoms with Crippen molar-refractivity contribution < 1.29 is 9.18 Å². The zero-order valence-electron chi connectivity index (χ0n) is 16.8. The highest BCUT2D eigenvalue weighted by molar-refractivity contribution is 6.04. The highest BCUT2D eigenvalue weighted by atomic mass is 19.1. The lowest BCUT2D eigenvalue weighted by molar-refractivity contribution is 0.102. The van der Waals surface area contributed by atoms with Crippen molar-refractivity contribution >= 4 is 22.5 Å². The second-order valence-electron chi connectivity index (χ2n) is 7.41. The maximum Gasteiger partial charge on any atom is 0.258 e. The summed E-state index contributed by atoms with van der Waals surface area (Å²) in [5.41, 5.74) is 3.26. The van der Waals surface area contributed by atoms with Gasteiger partial charge < -0.3 is 15.3 Å². The first-order valence-electron chi connectivity index (χ1n) is 9.94. The Balaban J connectivity index is 1.35. The Bertz CT molecular complexity index is 1460. The lowest BCUT2D eigenvalue weighted by Crippen LogP contribution is -2.15. The van der Waals surface area contributed by atoms with Gasteiger partial charge in [0.05, 0.1) is 35.2 Å². The topological polar surface area (TPSA) is 95.6 Å². The van der Waals surface area contributed by atoms with Crippen LogP contribution in [0.5, 0.6) is 0 Å². The third-order valence-corrected chi connectivity index (χ3v) is 5.11. The fraction of sp³-hybridized carbons (Fsp3) is 0.0417. The molecule has 0 saturated heterocycles. The molecule has 0 saturated carbocycles. The van der Waals surface area contributed by atoms with Crippen molar-refractivity contribution in [1.29, 1.82) is 0 Å². The van der Waals surface area contributed by atoms with Gasteiger partial charge in [0.1, 0.15) is 5.82 Å². The number of hydrogen-bond acceptors (Lipinski definition) is 3. The first kappa shape index (κ1) is 19.5. The van der Waals surface area contributed by atoms with Gasteiger partial charge in [-0.25, -0.2) is 4.39 Å². The van der Waals surface area contributed by atoms with Gasteiger partial charge in [0.25, 0.3) is 11.5 Å². The van der Waals surface area contributed by atoms with Crippen molar-refractivity contribution in [1.82, 2.24) is 19.7 Å². The third-order valence-electron chi connectivity index (χ3n) is 5.11. The van der Waals surface area contributed by atoms with Gasteiger partial charge in [-0.3, -0.25) is 14.3 Å². The number of nitrogens with one attached hydrogen (secondary N) is 3. The fourth-order valence-electron chi connectivity index (χ4n) is 3.57. The Morgan fingerprint density at radius 1 is 1.09 bits per heavy atom. The molecule has 0 atom stereocenters. The van der Waals surface area contributed by atoms with E-state index in [2.05, 4.69) is 20.4 Å². The standard InChI is InChI=1S/C24H18FN5O2/c25-18-6-3-4-15(8-18)13-30-14-17(11-27-30)23(31)28-19-10-20(24(32)26-12-19)22-9-16-5-1-2-7-21(16)29-22/h1-12,14,29H,13H2,(H,26,32)(H,28,31). The molecule has 0 fully saturated rings. The molecule has 3 N–H and O–H groups in total. The molecule has 8 heteroatoms. The predicted octanol–water partition coefficient (Wildman–Crippen LogP) is 4.16. The van der Waals surface area contributed by atoms with Crippen LogP contribution in [0.3, 0.4) is 0 Å². The van der Waals surface area contributed by atoms with Crippen molar-refractivity contribution in [2.24, 2.45) is 0 Å². The van der Waals surface area contributed by atoms with E-state index in [9.17, 15) is 14.0 Å². The molecule has 1 amide bonds. The first-order chi connectivity index (χ1) is 15.5. The van der Waals surface area contributed by atoms with Crippen molar-refractivity contribution in [2.75, 3.05) is 5.32 Å². The summed E-state index contributed by atoms with van der Waals surface area (Å²) in [4.78, 5) is 30.9. The molecular formula is C24H18FN5O2. The smallest absolute Gasteiger partial charge is 0.258 e. The average molecular weight is 427 g/mol. The number of nitrogens with zero attached hydrogens (tertiary/aromatic N) is 2. The largest absolute Gasteiger partial charge is 0.354 e. The number of aromatic amines is 2. The van der Waals surface area contributed by atoms with Crippen LogP contribution in [0.1, 0.15) is 15.9 Å². The number of hydrogen-bond donors (Lipinski definition) is 3. The minimum Gasteiger partial charge on any atom is -0.354 e. The van der Waals surface area contributed by atoms with E-state index in [0.717, 1.165) is 16.5 Å². The van der Waals surface area contributed by atoms with Gasteiger partial charge in [-0.2, -0.15) is 5.10 Å². The van der Waals surface area contributed by atoms with Crippen molar-refractivity contribution in [3.63, 3.8) is 0 Å².